The number of benzene rings is 1. The van der Waals surface area contributed by atoms with E-state index in [0.29, 0.717) is 6.61 Å². The van der Waals surface area contributed by atoms with Gasteiger partial charge in [0.25, 0.3) is 0 Å². The second-order valence-corrected chi connectivity index (χ2v) is 5.38. The van der Waals surface area contributed by atoms with Gasteiger partial charge in [-0.05, 0) is 30.9 Å². The first-order valence-electron chi connectivity index (χ1n) is 8.20. The molecule has 1 aromatic carbocycles. The van der Waals surface area contributed by atoms with Gasteiger partial charge in [0.1, 0.15) is 0 Å². The zero-order valence-electron chi connectivity index (χ0n) is 13.4. The molecule has 2 nitrogen and oxygen atoms in total. The van der Waals surface area contributed by atoms with Gasteiger partial charge in [-0.1, -0.05) is 69.9 Å². The summed E-state index contributed by atoms with van der Waals surface area (Å²) in [6, 6.07) is 10.00. The molecule has 2 heteroatoms. The summed E-state index contributed by atoms with van der Waals surface area (Å²) < 4.78 is 5.40. The van der Waals surface area contributed by atoms with Crippen LogP contribution < -0.4 is 0 Å². The van der Waals surface area contributed by atoms with E-state index in [4.69, 9.17) is 4.74 Å². The molecular weight excluding hydrogens is 260 g/mol. The molecule has 0 aromatic heterocycles. The molecule has 0 fully saturated rings. The monoisotopic (exact) mass is 288 g/mol. The first kappa shape index (κ1) is 17.5. The summed E-state index contributed by atoms with van der Waals surface area (Å²) >= 11 is 0. The van der Waals surface area contributed by atoms with Gasteiger partial charge in [-0.25, -0.2) is 4.79 Å². The Kier molecular flexibility index (Phi) is 9.26. The first-order chi connectivity index (χ1) is 10.3. The van der Waals surface area contributed by atoms with Gasteiger partial charge in [0.05, 0.1) is 6.61 Å². The lowest BCUT2D eigenvalue weighted by Gasteiger charge is -2.08. The highest BCUT2D eigenvalue weighted by Crippen LogP contribution is 2.15. The van der Waals surface area contributed by atoms with Crippen LogP contribution in [0.15, 0.2) is 35.9 Å². The maximum atomic E-state index is 12.2. The van der Waals surface area contributed by atoms with Crippen LogP contribution >= 0.6 is 0 Å². The Morgan fingerprint density at radius 1 is 1.00 bits per heavy atom. The number of ether oxygens (including phenoxy) is 1. The van der Waals surface area contributed by atoms with Crippen LogP contribution in [0.25, 0.3) is 6.08 Å². The van der Waals surface area contributed by atoms with Gasteiger partial charge in [-0.2, -0.15) is 0 Å². The third-order valence-corrected chi connectivity index (χ3v) is 3.43. The molecule has 0 aliphatic carbocycles. The molecule has 0 aliphatic heterocycles. The highest BCUT2D eigenvalue weighted by molar-refractivity contribution is 5.93. The van der Waals surface area contributed by atoms with Gasteiger partial charge in [-0.3, -0.25) is 0 Å². The second kappa shape index (κ2) is 11.1. The van der Waals surface area contributed by atoms with Crippen molar-refractivity contribution in [1.29, 1.82) is 0 Å². The molecule has 0 N–H and O–H groups in total. The molecule has 0 amide bonds. The third kappa shape index (κ3) is 7.69. The number of carbonyl (C=O) groups excluding carboxylic acids is 1. The van der Waals surface area contributed by atoms with Gasteiger partial charge < -0.3 is 4.74 Å². The summed E-state index contributed by atoms with van der Waals surface area (Å²) in [6.07, 6.45) is 9.32. The highest BCUT2D eigenvalue weighted by Gasteiger charge is 2.10. The SMILES string of the molecule is CCCCCOC(=O)C(=Cc1ccccc1)CCCCC. The fraction of sp³-hybridized carbons (Fsp3) is 0.526. The van der Waals surface area contributed by atoms with E-state index in [0.717, 1.165) is 56.1 Å². The number of esters is 1. The molecule has 1 rings (SSSR count). The van der Waals surface area contributed by atoms with E-state index >= 15 is 0 Å². The van der Waals surface area contributed by atoms with Crippen LogP contribution in [0.1, 0.15) is 64.4 Å². The smallest absolute Gasteiger partial charge is 0.334 e. The van der Waals surface area contributed by atoms with Crippen LogP contribution in [0.5, 0.6) is 0 Å². The Labute approximate surface area is 129 Å². The molecule has 0 heterocycles. The van der Waals surface area contributed by atoms with E-state index in [1.54, 1.807) is 0 Å². The summed E-state index contributed by atoms with van der Waals surface area (Å²) in [5, 5.41) is 0. The summed E-state index contributed by atoms with van der Waals surface area (Å²) in [5.41, 5.74) is 1.86. The molecule has 21 heavy (non-hydrogen) atoms. The average Bonchev–Trinajstić information content (AvgIpc) is 2.51. The number of rotatable bonds is 10. The van der Waals surface area contributed by atoms with Gasteiger partial charge in [0, 0.05) is 5.57 Å². The predicted molar refractivity (Wildman–Crippen MR) is 89.0 cm³/mol. The lowest BCUT2D eigenvalue weighted by atomic mass is 10.0. The maximum absolute atomic E-state index is 12.2. The molecule has 0 unspecified atom stereocenters. The Morgan fingerprint density at radius 3 is 2.33 bits per heavy atom. The van der Waals surface area contributed by atoms with E-state index < -0.39 is 0 Å². The summed E-state index contributed by atoms with van der Waals surface area (Å²) in [6.45, 7) is 4.85. The van der Waals surface area contributed by atoms with Crippen molar-refractivity contribution in [2.45, 2.75) is 58.8 Å². The number of unbranched alkanes of at least 4 members (excludes halogenated alkanes) is 4. The summed E-state index contributed by atoms with van der Waals surface area (Å²) in [5.74, 6) is -0.147. The number of carbonyl (C=O) groups is 1. The van der Waals surface area contributed by atoms with E-state index in [1.165, 1.54) is 0 Å². The fourth-order valence-electron chi connectivity index (χ4n) is 2.16. The predicted octanol–water partition coefficient (Wildman–Crippen LogP) is 5.38. The molecule has 0 aliphatic rings. The molecule has 0 radical (unpaired) electrons. The maximum Gasteiger partial charge on any atom is 0.334 e. The third-order valence-electron chi connectivity index (χ3n) is 3.43. The van der Waals surface area contributed by atoms with E-state index in [9.17, 15) is 4.79 Å². The van der Waals surface area contributed by atoms with E-state index in [2.05, 4.69) is 13.8 Å². The Hall–Kier alpha value is -1.57. The second-order valence-electron chi connectivity index (χ2n) is 5.38. The van der Waals surface area contributed by atoms with Crippen LogP contribution in [0.3, 0.4) is 0 Å². The molecule has 0 saturated heterocycles. The standard InChI is InChI=1S/C19H28O2/c1-3-5-8-14-18(16-17-12-9-7-10-13-17)19(20)21-15-11-6-4-2/h7,9-10,12-13,16H,3-6,8,11,14-15H2,1-2H3. The minimum absolute atomic E-state index is 0.147. The average molecular weight is 288 g/mol. The van der Waals surface area contributed by atoms with E-state index in [1.807, 2.05) is 36.4 Å². The van der Waals surface area contributed by atoms with Crippen molar-refractivity contribution in [3.63, 3.8) is 0 Å². The van der Waals surface area contributed by atoms with Crippen LogP contribution in [-0.4, -0.2) is 12.6 Å². The molecule has 0 spiro atoms. The zero-order chi connectivity index (χ0) is 15.3. The molecule has 0 saturated carbocycles. The Bertz CT molecular complexity index is 420. The van der Waals surface area contributed by atoms with Crippen molar-refractivity contribution in [3.8, 4) is 0 Å². The molecule has 0 bridgehead atoms. The van der Waals surface area contributed by atoms with Crippen molar-refractivity contribution in [2.24, 2.45) is 0 Å². The van der Waals surface area contributed by atoms with Gasteiger partial charge >= 0.3 is 5.97 Å². The quantitative estimate of drug-likeness (QED) is 0.328. The van der Waals surface area contributed by atoms with Crippen molar-refractivity contribution >= 4 is 12.0 Å². The lowest BCUT2D eigenvalue weighted by molar-refractivity contribution is -0.139. The van der Waals surface area contributed by atoms with Crippen LogP contribution in [0.2, 0.25) is 0 Å². The van der Waals surface area contributed by atoms with Crippen molar-refractivity contribution in [3.05, 3.63) is 41.5 Å². The summed E-state index contributed by atoms with van der Waals surface area (Å²) in [7, 11) is 0. The largest absolute Gasteiger partial charge is 0.462 e. The summed E-state index contributed by atoms with van der Waals surface area (Å²) in [4.78, 5) is 12.2. The van der Waals surface area contributed by atoms with Crippen molar-refractivity contribution < 1.29 is 9.53 Å². The zero-order valence-corrected chi connectivity index (χ0v) is 13.4. The number of hydrogen-bond donors (Lipinski definition) is 0. The number of hydrogen-bond acceptors (Lipinski definition) is 2. The van der Waals surface area contributed by atoms with Gasteiger partial charge in [-0.15, -0.1) is 0 Å². The Balaban J connectivity index is 2.63. The van der Waals surface area contributed by atoms with Crippen molar-refractivity contribution in [1.82, 2.24) is 0 Å². The van der Waals surface area contributed by atoms with Gasteiger partial charge in [0.15, 0.2) is 0 Å². The minimum atomic E-state index is -0.147. The normalized spacial score (nSPS) is 11.4. The van der Waals surface area contributed by atoms with Crippen LogP contribution in [0, 0.1) is 0 Å². The van der Waals surface area contributed by atoms with Crippen LogP contribution in [0.4, 0.5) is 0 Å². The Morgan fingerprint density at radius 2 is 1.67 bits per heavy atom. The lowest BCUT2D eigenvalue weighted by Crippen LogP contribution is -2.09. The molecule has 1 aromatic rings. The molecular formula is C19H28O2. The topological polar surface area (TPSA) is 26.3 Å². The van der Waals surface area contributed by atoms with Gasteiger partial charge in [0.2, 0.25) is 0 Å². The van der Waals surface area contributed by atoms with E-state index in [-0.39, 0.29) is 5.97 Å². The fourth-order valence-corrected chi connectivity index (χ4v) is 2.16. The minimum Gasteiger partial charge on any atom is -0.462 e. The first-order valence-corrected chi connectivity index (χ1v) is 8.20. The van der Waals surface area contributed by atoms with Crippen LogP contribution in [-0.2, 0) is 9.53 Å². The highest BCUT2D eigenvalue weighted by atomic mass is 16.5. The molecule has 116 valence electrons. The molecule has 0 atom stereocenters. The van der Waals surface area contributed by atoms with Crippen molar-refractivity contribution in [2.75, 3.05) is 6.61 Å².